The Balaban J connectivity index is 0.812. The Morgan fingerprint density at radius 2 is 0.746 bits per heavy atom. The molecule has 0 unspecified atom stereocenters. The zero-order valence-corrected chi connectivity index (χ0v) is 38.7. The molecule has 0 aliphatic carbocycles. The van der Waals surface area contributed by atoms with Gasteiger partial charge in [0, 0.05) is 44.3 Å². The number of hydrogen-bond acceptors (Lipinski definition) is 2. The van der Waals surface area contributed by atoms with E-state index < -0.39 is 0 Å². The van der Waals surface area contributed by atoms with Crippen molar-refractivity contribution in [1.29, 1.82) is 0 Å². The number of fused-ring (bicyclic) bond motifs is 9. The predicted octanol–water partition coefficient (Wildman–Crippen LogP) is 19.1. The third-order valence-corrected chi connectivity index (χ3v) is 14.4. The second kappa shape index (κ2) is 16.7. The second-order valence-corrected chi connectivity index (χ2v) is 18.4. The summed E-state index contributed by atoms with van der Waals surface area (Å²) in [5.41, 5.74) is 18.0. The largest absolute Gasteiger partial charge is 0.456 e. The van der Waals surface area contributed by atoms with Crippen molar-refractivity contribution in [1.82, 2.24) is 4.57 Å². The molecule has 12 aromatic carbocycles. The van der Waals surface area contributed by atoms with E-state index in [-0.39, 0.29) is 0 Å². The number of aromatic nitrogens is 1. The summed E-state index contributed by atoms with van der Waals surface area (Å²) < 4.78 is 8.66. The van der Waals surface area contributed by atoms with Gasteiger partial charge in [-0.3, -0.25) is 0 Å². The summed E-state index contributed by atoms with van der Waals surface area (Å²) in [6, 6.07) is 96.6. The van der Waals surface area contributed by atoms with Gasteiger partial charge in [0.1, 0.15) is 11.2 Å². The van der Waals surface area contributed by atoms with Crippen LogP contribution in [0.4, 0.5) is 17.1 Å². The molecule has 0 spiro atoms. The fraction of sp³-hybridized carbons (Fsp3) is 0. The van der Waals surface area contributed by atoms with E-state index in [2.05, 4.69) is 264 Å². The van der Waals surface area contributed by atoms with Crippen LogP contribution in [-0.2, 0) is 0 Å². The van der Waals surface area contributed by atoms with Gasteiger partial charge in [0.05, 0.1) is 11.0 Å². The van der Waals surface area contributed by atoms with E-state index in [0.717, 1.165) is 61.4 Å². The first-order valence-corrected chi connectivity index (χ1v) is 24.3. The first-order valence-electron chi connectivity index (χ1n) is 24.3. The summed E-state index contributed by atoms with van der Waals surface area (Å²) in [6.45, 7) is 0. The number of para-hydroxylation sites is 3. The molecule has 0 N–H and O–H groups in total. The summed E-state index contributed by atoms with van der Waals surface area (Å²) in [6.07, 6.45) is 0. The van der Waals surface area contributed by atoms with Crippen molar-refractivity contribution in [2.75, 3.05) is 4.90 Å². The van der Waals surface area contributed by atoms with E-state index in [0.29, 0.717) is 0 Å². The lowest BCUT2D eigenvalue weighted by Gasteiger charge is -2.26. The number of benzene rings is 12. The fourth-order valence-corrected chi connectivity index (χ4v) is 11.0. The van der Waals surface area contributed by atoms with Crippen LogP contribution in [0.2, 0.25) is 0 Å². The Morgan fingerprint density at radius 1 is 0.282 bits per heavy atom. The topological polar surface area (TPSA) is 21.3 Å². The lowest BCUT2D eigenvalue weighted by Crippen LogP contribution is -2.09. The number of rotatable bonds is 8. The molecule has 332 valence electrons. The van der Waals surface area contributed by atoms with Gasteiger partial charge in [-0.2, -0.15) is 0 Å². The van der Waals surface area contributed by atoms with Gasteiger partial charge in [0.2, 0.25) is 0 Å². The van der Waals surface area contributed by atoms with Gasteiger partial charge in [-0.1, -0.05) is 188 Å². The van der Waals surface area contributed by atoms with E-state index in [1.54, 1.807) is 0 Å². The van der Waals surface area contributed by atoms with Gasteiger partial charge in [-0.15, -0.1) is 0 Å². The molecule has 0 amide bonds. The highest BCUT2D eigenvalue weighted by molar-refractivity contribution is 6.15. The number of furan rings is 1. The number of anilines is 3. The molecule has 0 saturated heterocycles. The Hall–Kier alpha value is -9.44. The lowest BCUT2D eigenvalue weighted by atomic mass is 9.93. The van der Waals surface area contributed by atoms with Crippen molar-refractivity contribution in [3.8, 4) is 50.2 Å². The van der Waals surface area contributed by atoms with Gasteiger partial charge in [0.25, 0.3) is 0 Å². The molecule has 3 heteroatoms. The standard InChI is InChI=1S/C68H44N2O/c1-2-16-56-51(13-1)44-63(59-18-4-3-17-58(56)59)49-35-41-54(42-36-49)69(53-39-33-48(34-40-53)57-22-12-26-67-68(57)62-21-7-10-25-66(62)71-67)52-37-31-46(32-38-52)45-27-29-47(30-28-45)50-14-11-15-55(43-50)70-64-23-8-5-19-60(64)61-20-6-9-24-65(61)70/h1-44H. The summed E-state index contributed by atoms with van der Waals surface area (Å²) in [7, 11) is 0. The van der Waals surface area contributed by atoms with Crippen LogP contribution in [0.25, 0.3) is 115 Å². The maximum Gasteiger partial charge on any atom is 0.136 e. The summed E-state index contributed by atoms with van der Waals surface area (Å²) >= 11 is 0. The van der Waals surface area contributed by atoms with Crippen molar-refractivity contribution in [2.24, 2.45) is 0 Å². The Kier molecular flexibility index (Phi) is 9.53. The van der Waals surface area contributed by atoms with Gasteiger partial charge in [-0.25, -0.2) is 0 Å². The molecule has 2 heterocycles. The molecule has 0 radical (unpaired) electrons. The van der Waals surface area contributed by atoms with E-state index in [9.17, 15) is 0 Å². The van der Waals surface area contributed by atoms with Crippen molar-refractivity contribution in [3.05, 3.63) is 267 Å². The number of nitrogens with zero attached hydrogens (tertiary/aromatic N) is 2. The van der Waals surface area contributed by atoms with Crippen LogP contribution in [0.1, 0.15) is 0 Å². The highest BCUT2D eigenvalue weighted by Crippen LogP contribution is 2.42. The maximum atomic E-state index is 6.28. The second-order valence-electron chi connectivity index (χ2n) is 18.4. The van der Waals surface area contributed by atoms with Crippen molar-refractivity contribution >= 4 is 82.4 Å². The lowest BCUT2D eigenvalue weighted by molar-refractivity contribution is 0.669. The van der Waals surface area contributed by atoms with E-state index in [1.807, 2.05) is 12.1 Å². The Bertz CT molecular complexity index is 4260. The average molecular weight is 905 g/mol. The molecule has 0 aliphatic heterocycles. The molecule has 14 aromatic rings. The van der Waals surface area contributed by atoms with Crippen LogP contribution in [0, 0.1) is 0 Å². The molecule has 0 bridgehead atoms. The molecule has 71 heavy (non-hydrogen) atoms. The molecular weight excluding hydrogens is 861 g/mol. The quantitative estimate of drug-likeness (QED) is 0.142. The zero-order valence-electron chi connectivity index (χ0n) is 38.7. The molecule has 0 aliphatic rings. The van der Waals surface area contributed by atoms with Gasteiger partial charge in [-0.05, 0) is 145 Å². The first kappa shape index (κ1) is 40.6. The van der Waals surface area contributed by atoms with Gasteiger partial charge < -0.3 is 13.9 Å². The summed E-state index contributed by atoms with van der Waals surface area (Å²) in [5.74, 6) is 0. The summed E-state index contributed by atoms with van der Waals surface area (Å²) in [5, 5.41) is 9.84. The fourth-order valence-electron chi connectivity index (χ4n) is 11.0. The molecule has 0 atom stereocenters. The van der Waals surface area contributed by atoms with Crippen LogP contribution in [0.15, 0.2) is 271 Å². The number of hydrogen-bond donors (Lipinski definition) is 0. The molecule has 0 saturated carbocycles. The highest BCUT2D eigenvalue weighted by Gasteiger charge is 2.18. The normalized spacial score (nSPS) is 11.7. The first-order chi connectivity index (χ1) is 35.2. The monoisotopic (exact) mass is 904 g/mol. The maximum absolute atomic E-state index is 6.28. The van der Waals surface area contributed by atoms with Crippen LogP contribution in [0.3, 0.4) is 0 Å². The molecule has 2 aromatic heterocycles. The minimum absolute atomic E-state index is 0.896. The van der Waals surface area contributed by atoms with Crippen LogP contribution in [0.5, 0.6) is 0 Å². The van der Waals surface area contributed by atoms with Crippen molar-refractivity contribution < 1.29 is 4.42 Å². The molecule has 0 fully saturated rings. The van der Waals surface area contributed by atoms with E-state index in [1.165, 1.54) is 71.2 Å². The van der Waals surface area contributed by atoms with Crippen LogP contribution < -0.4 is 4.90 Å². The van der Waals surface area contributed by atoms with Crippen LogP contribution in [-0.4, -0.2) is 4.57 Å². The van der Waals surface area contributed by atoms with Crippen LogP contribution >= 0.6 is 0 Å². The molecular formula is C68H44N2O. The zero-order chi connectivity index (χ0) is 46.8. The minimum Gasteiger partial charge on any atom is -0.456 e. The van der Waals surface area contributed by atoms with E-state index >= 15 is 0 Å². The SMILES string of the molecule is c1cc(-c2ccc(-c3ccc(N(c4ccc(-c5cc6ccccc6c6ccccc56)cc4)c4ccc(-c5cccc6oc7ccccc7c56)cc4)cc3)cc2)cc(-n2c3ccccc3c3ccccc32)c1. The molecule has 3 nitrogen and oxygen atoms in total. The Labute approximate surface area is 411 Å². The highest BCUT2D eigenvalue weighted by atomic mass is 16.3. The Morgan fingerprint density at radius 3 is 1.39 bits per heavy atom. The average Bonchev–Trinajstić information content (AvgIpc) is 4.00. The smallest absolute Gasteiger partial charge is 0.136 e. The minimum atomic E-state index is 0.896. The third kappa shape index (κ3) is 6.89. The summed E-state index contributed by atoms with van der Waals surface area (Å²) in [4.78, 5) is 2.36. The third-order valence-electron chi connectivity index (χ3n) is 14.4. The molecule has 14 rings (SSSR count). The van der Waals surface area contributed by atoms with Gasteiger partial charge >= 0.3 is 0 Å². The van der Waals surface area contributed by atoms with Gasteiger partial charge in [0.15, 0.2) is 0 Å². The van der Waals surface area contributed by atoms with E-state index in [4.69, 9.17) is 4.42 Å². The van der Waals surface area contributed by atoms with Crippen molar-refractivity contribution in [2.45, 2.75) is 0 Å². The van der Waals surface area contributed by atoms with Crippen molar-refractivity contribution in [3.63, 3.8) is 0 Å². The predicted molar refractivity (Wildman–Crippen MR) is 299 cm³/mol.